The number of benzene rings is 2. The van der Waals surface area contributed by atoms with E-state index < -0.39 is 39.4 Å². The van der Waals surface area contributed by atoms with Gasteiger partial charge in [-0.25, -0.2) is 26.9 Å². The number of nitrogens with zero attached hydrogens (tertiary/aromatic N) is 1. The van der Waals surface area contributed by atoms with Crippen molar-refractivity contribution in [2.24, 2.45) is 0 Å². The molecule has 3 rings (SSSR count). The number of methoxy groups -OCH3 is 1. The minimum absolute atomic E-state index is 0.0865. The quantitative estimate of drug-likeness (QED) is 0.436. The Hall–Kier alpha value is -3.37. The number of halogens is 2. The van der Waals surface area contributed by atoms with Gasteiger partial charge in [0.25, 0.3) is 10.0 Å². The molecule has 37 heavy (non-hydrogen) atoms. The molecule has 198 valence electrons. The fourth-order valence-corrected chi connectivity index (χ4v) is 5.25. The highest BCUT2D eigenvalue weighted by molar-refractivity contribution is 7.90. The molecule has 0 unspecified atom stereocenters. The topological polar surface area (TPSA) is 106 Å². The van der Waals surface area contributed by atoms with Crippen LogP contribution >= 0.6 is 0 Å². The molecule has 1 heterocycles. The zero-order chi connectivity index (χ0) is 27.8. The number of amides is 1. The number of rotatable bonds is 8. The molecule has 0 bridgehead atoms. The molecule has 0 saturated carbocycles. The van der Waals surface area contributed by atoms with E-state index >= 15 is 4.39 Å². The van der Waals surface area contributed by atoms with E-state index in [9.17, 15) is 22.7 Å². The van der Waals surface area contributed by atoms with Crippen LogP contribution in [-0.4, -0.2) is 31.5 Å². The van der Waals surface area contributed by atoms with E-state index in [1.165, 1.54) is 51.4 Å². The maximum atomic E-state index is 15.2. The molecule has 7 nitrogen and oxygen atoms in total. The van der Waals surface area contributed by atoms with Gasteiger partial charge in [-0.1, -0.05) is 12.1 Å². The number of aryl methyl sites for hydroxylation is 1. The van der Waals surface area contributed by atoms with E-state index in [-0.39, 0.29) is 27.5 Å². The lowest BCUT2D eigenvalue weighted by Gasteiger charge is -2.23. The molecule has 0 aliphatic rings. The average Bonchev–Trinajstić information content (AvgIpc) is 2.78. The van der Waals surface area contributed by atoms with Crippen molar-refractivity contribution in [3.05, 3.63) is 76.7 Å². The fourth-order valence-electron chi connectivity index (χ4n) is 4.04. The Morgan fingerprint density at radius 3 is 2.35 bits per heavy atom. The second kappa shape index (κ2) is 10.2. The molecule has 3 aromatic rings. The second-order valence-corrected chi connectivity index (χ2v) is 11.4. The van der Waals surface area contributed by atoms with Gasteiger partial charge in [-0.3, -0.25) is 4.79 Å². The second-order valence-electron chi connectivity index (χ2n) is 9.78. The number of hydrogen-bond acceptors (Lipinski definition) is 6. The number of aromatic nitrogens is 1. The lowest BCUT2D eigenvalue weighted by atomic mass is 9.87. The van der Waals surface area contributed by atoms with Crippen LogP contribution in [0, 0.1) is 12.7 Å². The Bertz CT molecular complexity index is 1440. The van der Waals surface area contributed by atoms with Crippen LogP contribution < -0.4 is 9.46 Å². The van der Waals surface area contributed by atoms with Crippen molar-refractivity contribution in [3.8, 4) is 17.0 Å². The first-order chi connectivity index (χ1) is 17.0. The average molecular weight is 533 g/mol. The number of sulfonamides is 1. The van der Waals surface area contributed by atoms with Crippen LogP contribution in [0.4, 0.5) is 8.78 Å². The van der Waals surface area contributed by atoms with Crippen molar-refractivity contribution in [2.75, 3.05) is 7.11 Å². The van der Waals surface area contributed by atoms with Crippen LogP contribution in [0.1, 0.15) is 49.9 Å². The number of hydrogen-bond donors (Lipinski definition) is 2. The number of pyridine rings is 1. The number of alkyl halides is 1. The summed E-state index contributed by atoms with van der Waals surface area (Å²) in [6.45, 7) is 7.14. The Kier molecular flexibility index (Phi) is 7.76. The molecular formula is C27H30F2N2O5S. The third kappa shape index (κ3) is 6.50. The molecule has 0 radical (unpaired) electrons. The molecule has 0 atom stereocenters. The summed E-state index contributed by atoms with van der Waals surface area (Å²) < 4.78 is 63.0. The molecule has 1 aromatic heterocycles. The molecule has 2 N–H and O–H groups in total. The Morgan fingerprint density at radius 1 is 1.11 bits per heavy atom. The summed E-state index contributed by atoms with van der Waals surface area (Å²) in [5, 5.41) is 10.2. The molecule has 0 fully saturated rings. The van der Waals surface area contributed by atoms with E-state index in [2.05, 4.69) is 4.98 Å². The van der Waals surface area contributed by atoms with E-state index in [4.69, 9.17) is 4.74 Å². The van der Waals surface area contributed by atoms with E-state index in [1.807, 2.05) is 4.72 Å². The number of carbonyl (C=O) groups is 1. The van der Waals surface area contributed by atoms with Crippen LogP contribution in [0.2, 0.25) is 0 Å². The van der Waals surface area contributed by atoms with Gasteiger partial charge in [0.15, 0.2) is 0 Å². The molecule has 10 heteroatoms. The maximum absolute atomic E-state index is 15.2. The third-order valence-corrected chi connectivity index (χ3v) is 7.40. The first-order valence-corrected chi connectivity index (χ1v) is 12.9. The Morgan fingerprint density at radius 2 is 1.78 bits per heavy atom. The number of carbonyl (C=O) groups excluding carboxylic acids is 1. The first kappa shape index (κ1) is 28.2. The molecule has 0 aliphatic heterocycles. The normalized spacial score (nSPS) is 12.4. The van der Waals surface area contributed by atoms with Gasteiger partial charge >= 0.3 is 0 Å². The number of ether oxygens (including phenoxy) is 1. The Labute approximate surface area is 215 Å². The van der Waals surface area contributed by atoms with Gasteiger partial charge in [-0.15, -0.1) is 0 Å². The lowest BCUT2D eigenvalue weighted by molar-refractivity contribution is -0.118. The van der Waals surface area contributed by atoms with Crippen LogP contribution in [0.3, 0.4) is 0 Å². The third-order valence-electron chi connectivity index (χ3n) is 5.87. The molecule has 2 aromatic carbocycles. The highest BCUT2D eigenvalue weighted by Gasteiger charge is 2.29. The summed E-state index contributed by atoms with van der Waals surface area (Å²) in [5.74, 6) is -1.41. The fraction of sp³-hybridized carbons (Fsp3) is 0.333. The van der Waals surface area contributed by atoms with E-state index in [0.29, 0.717) is 16.7 Å². The molecule has 0 spiro atoms. The van der Waals surface area contributed by atoms with Crippen LogP contribution in [0.5, 0.6) is 5.88 Å². The summed E-state index contributed by atoms with van der Waals surface area (Å²) in [7, 11) is -2.89. The predicted molar refractivity (Wildman–Crippen MR) is 136 cm³/mol. The molecule has 0 saturated heterocycles. The Balaban J connectivity index is 2.03. The van der Waals surface area contributed by atoms with Crippen molar-refractivity contribution >= 4 is 15.9 Å². The summed E-state index contributed by atoms with van der Waals surface area (Å²) in [4.78, 5) is 16.9. The van der Waals surface area contributed by atoms with E-state index in [0.717, 1.165) is 12.1 Å². The molecular weight excluding hydrogens is 502 g/mol. The molecule has 1 amide bonds. The minimum Gasteiger partial charge on any atom is -0.481 e. The van der Waals surface area contributed by atoms with Gasteiger partial charge in [0.1, 0.15) is 11.5 Å². The van der Waals surface area contributed by atoms with Crippen molar-refractivity contribution in [1.29, 1.82) is 0 Å². The van der Waals surface area contributed by atoms with Gasteiger partial charge in [0.05, 0.1) is 24.0 Å². The van der Waals surface area contributed by atoms with Crippen molar-refractivity contribution in [3.63, 3.8) is 0 Å². The number of aliphatic hydroxyl groups is 1. The zero-order valence-electron chi connectivity index (χ0n) is 21.5. The van der Waals surface area contributed by atoms with Crippen LogP contribution in [0.25, 0.3) is 11.1 Å². The summed E-state index contributed by atoms with van der Waals surface area (Å²) >= 11 is 0. The van der Waals surface area contributed by atoms with Gasteiger partial charge < -0.3 is 9.84 Å². The maximum Gasteiger partial charge on any atom is 0.264 e. The smallest absolute Gasteiger partial charge is 0.264 e. The van der Waals surface area contributed by atoms with Crippen molar-refractivity contribution < 1.29 is 31.8 Å². The highest BCUT2D eigenvalue weighted by atomic mass is 32.2. The van der Waals surface area contributed by atoms with Gasteiger partial charge in [-0.05, 0) is 92.3 Å². The standard InChI is InChI=1S/C27H30F2N2O5S/c1-16-11-18(27(4,5)33)7-8-23(16)37(34,35)31-24(32)15-21-20(17-9-10-30-25(12-17)36-6)13-19(28)14-22(21)26(2,3)29/h7-14,33H,15H2,1-6H3,(H,31,32). The number of nitrogens with one attached hydrogen (secondary N) is 1. The zero-order valence-corrected chi connectivity index (χ0v) is 22.3. The van der Waals surface area contributed by atoms with E-state index in [1.54, 1.807) is 26.8 Å². The summed E-state index contributed by atoms with van der Waals surface area (Å²) in [5.41, 5.74) is -1.71. The summed E-state index contributed by atoms with van der Waals surface area (Å²) in [6, 6.07) is 9.51. The van der Waals surface area contributed by atoms with Crippen molar-refractivity contribution in [1.82, 2.24) is 9.71 Å². The SMILES string of the molecule is COc1cc(-c2cc(F)cc(C(C)(C)F)c2CC(=O)NS(=O)(=O)c2ccc(C(C)(C)O)cc2C)ccn1. The monoisotopic (exact) mass is 532 g/mol. The highest BCUT2D eigenvalue weighted by Crippen LogP contribution is 2.36. The van der Waals surface area contributed by atoms with Crippen molar-refractivity contribution in [2.45, 2.75) is 57.2 Å². The van der Waals surface area contributed by atoms with Crippen LogP contribution in [0.15, 0.2) is 53.6 Å². The van der Waals surface area contributed by atoms with Gasteiger partial charge in [0, 0.05) is 12.3 Å². The van der Waals surface area contributed by atoms with Crippen LogP contribution in [-0.2, 0) is 32.5 Å². The first-order valence-electron chi connectivity index (χ1n) is 11.4. The summed E-state index contributed by atoms with van der Waals surface area (Å²) in [6.07, 6.45) is 0.886. The largest absolute Gasteiger partial charge is 0.481 e. The van der Waals surface area contributed by atoms with Gasteiger partial charge in [-0.2, -0.15) is 0 Å². The molecule has 0 aliphatic carbocycles. The predicted octanol–water partition coefficient (Wildman–Crippen LogP) is 4.68. The lowest BCUT2D eigenvalue weighted by Crippen LogP contribution is -2.33. The van der Waals surface area contributed by atoms with Gasteiger partial charge in [0.2, 0.25) is 11.8 Å². The minimum atomic E-state index is -4.30.